The SMILES string of the molecule is O=C1c2nc3ccccc3nc2C=CC1Cl.[Na]. The zero-order chi connectivity index (χ0) is 11.1. The molecular weight excluding hydrogens is 247 g/mol. The van der Waals surface area contributed by atoms with Gasteiger partial charge >= 0.3 is 0 Å². The number of rotatable bonds is 0. The summed E-state index contributed by atoms with van der Waals surface area (Å²) in [5.74, 6) is -0.183. The molecule has 3 nitrogen and oxygen atoms in total. The number of alkyl halides is 1. The van der Waals surface area contributed by atoms with Crippen molar-refractivity contribution < 1.29 is 4.79 Å². The number of nitrogens with zero attached hydrogens (tertiary/aromatic N) is 2. The summed E-state index contributed by atoms with van der Waals surface area (Å²) in [6, 6.07) is 7.46. The van der Waals surface area contributed by atoms with Crippen molar-refractivity contribution >= 4 is 64.1 Å². The number of aromatic nitrogens is 2. The average Bonchev–Trinajstić information content (AvgIpc) is 2.32. The summed E-state index contributed by atoms with van der Waals surface area (Å²) in [5.41, 5.74) is 2.46. The van der Waals surface area contributed by atoms with Crippen molar-refractivity contribution in [2.24, 2.45) is 0 Å². The second kappa shape index (κ2) is 4.86. The van der Waals surface area contributed by atoms with E-state index in [4.69, 9.17) is 11.6 Å². The van der Waals surface area contributed by atoms with Crippen LogP contribution in [0.2, 0.25) is 0 Å². The van der Waals surface area contributed by atoms with Crippen LogP contribution in [-0.4, -0.2) is 50.7 Å². The van der Waals surface area contributed by atoms with Crippen LogP contribution in [0.1, 0.15) is 16.2 Å². The molecule has 79 valence electrons. The van der Waals surface area contributed by atoms with Gasteiger partial charge in [0.2, 0.25) is 5.78 Å². The Morgan fingerprint density at radius 2 is 1.76 bits per heavy atom. The van der Waals surface area contributed by atoms with Crippen LogP contribution in [0.25, 0.3) is 17.1 Å². The maximum Gasteiger partial charge on any atom is 0.205 e. The molecular formula is C12H7ClN2NaO. The third kappa shape index (κ3) is 2.16. The largest absolute Gasteiger partial charge is 0.290 e. The molecule has 3 rings (SSSR count). The quantitative estimate of drug-likeness (QED) is 0.533. The Bertz CT molecular complexity index is 627. The molecule has 0 saturated heterocycles. The van der Waals surface area contributed by atoms with Gasteiger partial charge in [0.25, 0.3) is 0 Å². The van der Waals surface area contributed by atoms with E-state index in [2.05, 4.69) is 9.97 Å². The third-order valence-electron chi connectivity index (χ3n) is 2.50. The van der Waals surface area contributed by atoms with Crippen LogP contribution in [0.5, 0.6) is 0 Å². The molecule has 1 aliphatic rings. The third-order valence-corrected chi connectivity index (χ3v) is 2.85. The number of ketones is 1. The van der Waals surface area contributed by atoms with Crippen LogP contribution < -0.4 is 0 Å². The van der Waals surface area contributed by atoms with Crippen LogP contribution in [0.3, 0.4) is 0 Å². The summed E-state index contributed by atoms with van der Waals surface area (Å²) < 4.78 is 0. The van der Waals surface area contributed by atoms with Gasteiger partial charge < -0.3 is 0 Å². The van der Waals surface area contributed by atoms with E-state index in [-0.39, 0.29) is 35.3 Å². The molecule has 1 heterocycles. The number of Topliss-reactive ketones (excluding diaryl/α,β-unsaturated/α-hetero) is 1. The van der Waals surface area contributed by atoms with E-state index in [1.165, 1.54) is 0 Å². The predicted molar refractivity (Wildman–Crippen MR) is 68.3 cm³/mol. The summed E-state index contributed by atoms with van der Waals surface area (Å²) in [5, 5.41) is -0.622. The molecule has 1 radical (unpaired) electrons. The van der Waals surface area contributed by atoms with E-state index >= 15 is 0 Å². The molecule has 1 atom stereocenters. The fourth-order valence-corrected chi connectivity index (χ4v) is 1.88. The normalized spacial score (nSPS) is 17.7. The van der Waals surface area contributed by atoms with Gasteiger partial charge in [0.1, 0.15) is 11.1 Å². The molecule has 0 aliphatic heterocycles. The minimum Gasteiger partial charge on any atom is -0.290 e. The molecule has 0 bridgehead atoms. The van der Waals surface area contributed by atoms with E-state index in [1.54, 1.807) is 12.2 Å². The molecule has 0 spiro atoms. The van der Waals surface area contributed by atoms with Gasteiger partial charge in [-0.2, -0.15) is 0 Å². The second-order valence-electron chi connectivity index (χ2n) is 3.57. The number of hydrogen-bond acceptors (Lipinski definition) is 3. The fraction of sp³-hybridized carbons (Fsp3) is 0.0833. The van der Waals surface area contributed by atoms with Gasteiger partial charge in [0.15, 0.2) is 0 Å². The first kappa shape index (κ1) is 12.7. The molecule has 1 aromatic heterocycles. The number of carbonyl (C=O) groups is 1. The Hall–Kier alpha value is -0.740. The standard InChI is InChI=1S/C12H7ClN2O.Na/c13-7-5-6-10-11(12(7)16)15-9-4-2-1-3-8(9)14-10;/h1-7H;. The first-order valence-corrected chi connectivity index (χ1v) is 5.32. The number of benzene rings is 1. The van der Waals surface area contributed by atoms with E-state index < -0.39 is 5.38 Å². The van der Waals surface area contributed by atoms with Crippen LogP contribution in [0.15, 0.2) is 30.3 Å². The smallest absolute Gasteiger partial charge is 0.205 e. The first-order chi connectivity index (χ1) is 7.75. The summed E-state index contributed by atoms with van der Waals surface area (Å²) >= 11 is 5.84. The Labute approximate surface area is 125 Å². The monoisotopic (exact) mass is 253 g/mol. The minimum atomic E-state index is -0.622. The maximum absolute atomic E-state index is 11.8. The molecule has 2 aromatic rings. The maximum atomic E-state index is 11.8. The molecule has 1 unspecified atom stereocenters. The number of halogens is 1. The Morgan fingerprint density at radius 1 is 1.12 bits per heavy atom. The Kier molecular flexibility index (Phi) is 3.64. The molecule has 0 fully saturated rings. The summed E-state index contributed by atoms with van der Waals surface area (Å²) in [4.78, 5) is 20.4. The molecule has 17 heavy (non-hydrogen) atoms. The van der Waals surface area contributed by atoms with Crippen LogP contribution >= 0.6 is 11.6 Å². The summed E-state index contributed by atoms with van der Waals surface area (Å²) in [6.45, 7) is 0. The predicted octanol–water partition coefficient (Wildman–Crippen LogP) is 2.07. The molecule has 0 amide bonds. The zero-order valence-electron chi connectivity index (χ0n) is 9.22. The second-order valence-corrected chi connectivity index (χ2v) is 4.04. The van der Waals surface area contributed by atoms with Crippen molar-refractivity contribution in [1.82, 2.24) is 9.97 Å². The van der Waals surface area contributed by atoms with Crippen LogP contribution in [0.4, 0.5) is 0 Å². The van der Waals surface area contributed by atoms with Crippen LogP contribution in [0, 0.1) is 0 Å². The summed E-state index contributed by atoms with van der Waals surface area (Å²) in [6.07, 6.45) is 3.38. The van der Waals surface area contributed by atoms with Gasteiger partial charge in [-0.1, -0.05) is 18.2 Å². The van der Waals surface area contributed by atoms with Crippen molar-refractivity contribution in [3.8, 4) is 0 Å². The van der Waals surface area contributed by atoms with Gasteiger partial charge in [0, 0.05) is 29.6 Å². The van der Waals surface area contributed by atoms with Gasteiger partial charge in [-0.05, 0) is 18.2 Å². The molecule has 0 saturated carbocycles. The minimum absolute atomic E-state index is 0. The van der Waals surface area contributed by atoms with Crippen molar-refractivity contribution in [2.45, 2.75) is 5.38 Å². The van der Waals surface area contributed by atoms with Crippen molar-refractivity contribution in [1.29, 1.82) is 0 Å². The van der Waals surface area contributed by atoms with Crippen molar-refractivity contribution in [2.75, 3.05) is 0 Å². The number of fused-ring (bicyclic) bond motifs is 2. The number of para-hydroxylation sites is 2. The van der Waals surface area contributed by atoms with Gasteiger partial charge in [-0.15, -0.1) is 11.6 Å². The molecule has 1 aliphatic carbocycles. The first-order valence-electron chi connectivity index (χ1n) is 4.89. The van der Waals surface area contributed by atoms with E-state index in [1.807, 2.05) is 24.3 Å². The van der Waals surface area contributed by atoms with E-state index in [9.17, 15) is 4.79 Å². The van der Waals surface area contributed by atoms with Gasteiger partial charge in [-0.3, -0.25) is 4.79 Å². The topological polar surface area (TPSA) is 42.9 Å². The number of allylic oxidation sites excluding steroid dienone is 1. The fourth-order valence-electron chi connectivity index (χ4n) is 1.70. The average molecular weight is 254 g/mol. The Balaban J connectivity index is 0.00000108. The summed E-state index contributed by atoms with van der Waals surface area (Å²) in [7, 11) is 0. The van der Waals surface area contributed by atoms with Crippen molar-refractivity contribution in [3.05, 3.63) is 41.7 Å². The number of hydrogen-bond donors (Lipinski definition) is 0. The van der Waals surface area contributed by atoms with E-state index in [0.717, 1.165) is 5.52 Å². The molecule has 1 aromatic carbocycles. The van der Waals surface area contributed by atoms with Crippen LogP contribution in [-0.2, 0) is 0 Å². The van der Waals surface area contributed by atoms with Gasteiger partial charge in [0.05, 0.1) is 16.7 Å². The van der Waals surface area contributed by atoms with Crippen molar-refractivity contribution in [3.63, 3.8) is 0 Å². The van der Waals surface area contributed by atoms with Gasteiger partial charge in [-0.25, -0.2) is 9.97 Å². The number of carbonyl (C=O) groups excluding carboxylic acids is 1. The molecule has 0 N–H and O–H groups in total. The zero-order valence-corrected chi connectivity index (χ0v) is 12.0. The molecule has 5 heteroatoms. The van der Waals surface area contributed by atoms with E-state index in [0.29, 0.717) is 16.9 Å². The Morgan fingerprint density at radius 3 is 2.47 bits per heavy atom.